The third-order valence-corrected chi connectivity index (χ3v) is 5.74. The van der Waals surface area contributed by atoms with Gasteiger partial charge >= 0.3 is 0 Å². The number of nitrogens with two attached hydrogens (primary N) is 1. The van der Waals surface area contributed by atoms with Gasteiger partial charge < -0.3 is 5.73 Å². The molecule has 0 aliphatic heterocycles. The maximum absolute atomic E-state index is 6.58. The Balaban J connectivity index is 1.80. The van der Waals surface area contributed by atoms with Crippen LogP contribution in [0.25, 0.3) is 39.2 Å². The second kappa shape index (κ2) is 7.59. The summed E-state index contributed by atoms with van der Waals surface area (Å²) in [5.41, 5.74) is 12.8. The number of rotatable bonds is 3. The summed E-state index contributed by atoms with van der Waals surface area (Å²) in [7, 11) is 0. The highest BCUT2D eigenvalue weighted by molar-refractivity contribution is 9.10. The number of benzene rings is 3. The van der Waals surface area contributed by atoms with E-state index < -0.39 is 0 Å². The average Bonchev–Trinajstić information content (AvgIpc) is 3.16. The molecule has 2 heterocycles. The molecule has 6 heteroatoms. The summed E-state index contributed by atoms with van der Waals surface area (Å²) >= 11 is 9.60. The van der Waals surface area contributed by atoms with Crippen molar-refractivity contribution in [3.8, 4) is 33.5 Å². The summed E-state index contributed by atoms with van der Waals surface area (Å²) in [4.78, 5) is 4.76. The SMILES string of the molecule is Nc1c(-c2ccc(Cl)cc2)cnc2c(-c3ccccc3)c(-c3cccc(Br)c3)nn12. The van der Waals surface area contributed by atoms with Gasteiger partial charge in [-0.3, -0.25) is 0 Å². The number of fused-ring (bicyclic) bond motifs is 1. The van der Waals surface area contributed by atoms with E-state index in [1.54, 1.807) is 10.7 Å². The van der Waals surface area contributed by atoms with E-state index in [0.29, 0.717) is 16.5 Å². The van der Waals surface area contributed by atoms with Crippen molar-refractivity contribution in [1.29, 1.82) is 0 Å². The maximum Gasteiger partial charge on any atom is 0.165 e. The monoisotopic (exact) mass is 474 g/mol. The number of halogens is 2. The van der Waals surface area contributed by atoms with Crippen LogP contribution in [-0.4, -0.2) is 14.6 Å². The molecule has 0 aliphatic carbocycles. The summed E-state index contributed by atoms with van der Waals surface area (Å²) in [5, 5.41) is 5.56. The van der Waals surface area contributed by atoms with Crippen molar-refractivity contribution in [3.63, 3.8) is 0 Å². The third kappa shape index (κ3) is 3.26. The lowest BCUT2D eigenvalue weighted by Gasteiger charge is -2.08. The van der Waals surface area contributed by atoms with Gasteiger partial charge in [-0.15, -0.1) is 0 Å². The van der Waals surface area contributed by atoms with E-state index in [1.165, 1.54) is 0 Å². The highest BCUT2D eigenvalue weighted by Gasteiger charge is 2.20. The van der Waals surface area contributed by atoms with Gasteiger partial charge in [0.15, 0.2) is 5.65 Å². The van der Waals surface area contributed by atoms with Gasteiger partial charge in [0, 0.05) is 26.8 Å². The Labute approximate surface area is 187 Å². The fraction of sp³-hybridized carbons (Fsp3) is 0. The second-order valence-corrected chi connectivity index (χ2v) is 8.25. The molecule has 0 aliphatic rings. The lowest BCUT2D eigenvalue weighted by Crippen LogP contribution is -2.02. The minimum absolute atomic E-state index is 0.528. The van der Waals surface area contributed by atoms with Crippen LogP contribution in [0.15, 0.2) is 89.5 Å². The van der Waals surface area contributed by atoms with Gasteiger partial charge in [-0.25, -0.2) is 4.98 Å². The van der Waals surface area contributed by atoms with Crippen LogP contribution in [0.3, 0.4) is 0 Å². The summed E-state index contributed by atoms with van der Waals surface area (Å²) in [6.45, 7) is 0. The number of nitrogens with zero attached hydrogens (tertiary/aromatic N) is 3. The van der Waals surface area contributed by atoms with Crippen LogP contribution in [0.4, 0.5) is 5.82 Å². The Kier molecular flexibility index (Phi) is 4.77. The zero-order valence-electron chi connectivity index (χ0n) is 15.8. The van der Waals surface area contributed by atoms with Gasteiger partial charge in [0.2, 0.25) is 0 Å². The van der Waals surface area contributed by atoms with Gasteiger partial charge in [0.25, 0.3) is 0 Å². The standard InChI is InChI=1S/C24H16BrClN4/c25-18-8-4-7-17(13-18)22-21(16-5-2-1-3-6-16)24-28-14-20(23(27)30(24)29-22)15-9-11-19(26)12-10-15/h1-14H,27H2. The summed E-state index contributed by atoms with van der Waals surface area (Å²) < 4.78 is 2.71. The van der Waals surface area contributed by atoms with Crippen LogP contribution in [0.5, 0.6) is 0 Å². The third-order valence-electron chi connectivity index (χ3n) is 5.00. The molecule has 0 spiro atoms. The molecule has 5 rings (SSSR count). The largest absolute Gasteiger partial charge is 0.383 e. The summed E-state index contributed by atoms with van der Waals surface area (Å²) in [5.74, 6) is 0.528. The summed E-state index contributed by atoms with van der Waals surface area (Å²) in [6.07, 6.45) is 1.80. The lowest BCUT2D eigenvalue weighted by atomic mass is 10.0. The van der Waals surface area contributed by atoms with Crippen LogP contribution in [0.2, 0.25) is 5.02 Å². The Morgan fingerprint density at radius 1 is 0.833 bits per heavy atom. The van der Waals surface area contributed by atoms with Crippen LogP contribution in [0.1, 0.15) is 0 Å². The van der Waals surface area contributed by atoms with Crippen LogP contribution in [0, 0.1) is 0 Å². The predicted octanol–water partition coefficient (Wildman–Crippen LogP) is 6.73. The highest BCUT2D eigenvalue weighted by atomic mass is 79.9. The van der Waals surface area contributed by atoms with Crippen molar-refractivity contribution < 1.29 is 0 Å². The van der Waals surface area contributed by atoms with Crippen molar-refractivity contribution >= 4 is 39.0 Å². The van der Waals surface area contributed by atoms with Gasteiger partial charge in [-0.1, -0.05) is 82.1 Å². The van der Waals surface area contributed by atoms with E-state index in [4.69, 9.17) is 27.4 Å². The first-order chi connectivity index (χ1) is 14.6. The molecular weight excluding hydrogens is 460 g/mol. The first-order valence-electron chi connectivity index (χ1n) is 9.36. The molecule has 2 N–H and O–H groups in total. The number of hydrogen-bond acceptors (Lipinski definition) is 3. The molecule has 0 fully saturated rings. The zero-order chi connectivity index (χ0) is 20.7. The predicted molar refractivity (Wildman–Crippen MR) is 126 cm³/mol. The molecule has 0 atom stereocenters. The van der Waals surface area contributed by atoms with Crippen LogP contribution < -0.4 is 5.73 Å². The zero-order valence-corrected chi connectivity index (χ0v) is 18.1. The van der Waals surface area contributed by atoms with Crippen molar-refractivity contribution in [1.82, 2.24) is 14.6 Å². The molecule has 3 aromatic carbocycles. The van der Waals surface area contributed by atoms with Crippen LogP contribution in [-0.2, 0) is 0 Å². The van der Waals surface area contributed by atoms with E-state index in [9.17, 15) is 0 Å². The molecule has 0 radical (unpaired) electrons. The van der Waals surface area contributed by atoms with Crippen molar-refractivity contribution in [2.24, 2.45) is 0 Å². The molecule has 0 amide bonds. The first-order valence-corrected chi connectivity index (χ1v) is 10.5. The van der Waals surface area contributed by atoms with Gasteiger partial charge in [0.1, 0.15) is 11.5 Å². The maximum atomic E-state index is 6.58. The number of nitrogen functional groups attached to an aromatic ring is 1. The minimum atomic E-state index is 0.528. The molecule has 5 aromatic rings. The van der Waals surface area contributed by atoms with E-state index in [1.807, 2.05) is 66.7 Å². The van der Waals surface area contributed by atoms with E-state index in [0.717, 1.165) is 38.0 Å². The number of hydrogen-bond donors (Lipinski definition) is 1. The molecule has 2 aromatic heterocycles. The minimum Gasteiger partial charge on any atom is -0.383 e. The Bertz CT molecular complexity index is 1360. The van der Waals surface area contributed by atoms with Crippen molar-refractivity contribution in [2.75, 3.05) is 5.73 Å². The van der Waals surface area contributed by atoms with Gasteiger partial charge in [-0.2, -0.15) is 9.61 Å². The molecule has 0 saturated heterocycles. The average molecular weight is 476 g/mol. The molecule has 146 valence electrons. The highest BCUT2D eigenvalue weighted by Crippen LogP contribution is 2.37. The molecule has 30 heavy (non-hydrogen) atoms. The van der Waals surface area contributed by atoms with E-state index in [-0.39, 0.29) is 0 Å². The molecular formula is C24H16BrClN4. The quantitative estimate of drug-likeness (QED) is 0.315. The van der Waals surface area contributed by atoms with Gasteiger partial charge in [0.05, 0.1) is 5.56 Å². The van der Waals surface area contributed by atoms with E-state index in [2.05, 4.69) is 28.1 Å². The molecule has 0 unspecified atom stereocenters. The molecule has 0 saturated carbocycles. The first kappa shape index (κ1) is 18.9. The van der Waals surface area contributed by atoms with E-state index >= 15 is 0 Å². The lowest BCUT2D eigenvalue weighted by molar-refractivity contribution is 0.958. The smallest absolute Gasteiger partial charge is 0.165 e. The van der Waals surface area contributed by atoms with Crippen LogP contribution >= 0.6 is 27.5 Å². The Morgan fingerprint density at radius 2 is 1.57 bits per heavy atom. The summed E-state index contributed by atoms with van der Waals surface area (Å²) in [6, 6.07) is 25.7. The molecule has 4 nitrogen and oxygen atoms in total. The fourth-order valence-electron chi connectivity index (χ4n) is 3.56. The topological polar surface area (TPSA) is 56.2 Å². The number of anilines is 1. The Hall–Kier alpha value is -3.15. The molecule has 0 bridgehead atoms. The fourth-order valence-corrected chi connectivity index (χ4v) is 4.09. The van der Waals surface area contributed by atoms with Crippen molar-refractivity contribution in [2.45, 2.75) is 0 Å². The van der Waals surface area contributed by atoms with Crippen molar-refractivity contribution in [3.05, 3.63) is 94.6 Å². The normalized spacial score (nSPS) is 11.1. The second-order valence-electron chi connectivity index (χ2n) is 6.90. The number of aromatic nitrogens is 3. The van der Waals surface area contributed by atoms with Gasteiger partial charge in [-0.05, 0) is 35.4 Å². The Morgan fingerprint density at radius 3 is 2.30 bits per heavy atom.